The summed E-state index contributed by atoms with van der Waals surface area (Å²) in [5.74, 6) is -1.59. The normalized spacial score (nSPS) is 7.64. The first-order valence-corrected chi connectivity index (χ1v) is 2.68. The van der Waals surface area contributed by atoms with Crippen molar-refractivity contribution < 1.29 is 45.3 Å². The second kappa shape index (κ2) is 7.65. The van der Waals surface area contributed by atoms with E-state index in [0.29, 0.717) is 0 Å². The summed E-state index contributed by atoms with van der Waals surface area (Å²) in [7, 11) is 0. The fraction of sp³-hybridized carbons (Fsp3) is 0.333. The minimum absolute atomic E-state index is 0. The molecular weight excluding hydrogens is 315 g/mol. The summed E-state index contributed by atoms with van der Waals surface area (Å²) in [5.41, 5.74) is 0. The van der Waals surface area contributed by atoms with Gasteiger partial charge in [0.05, 0.1) is 6.42 Å². The number of carbonyl (C=O) groups is 2. The van der Waals surface area contributed by atoms with Crippen molar-refractivity contribution >= 4 is 11.9 Å². The van der Waals surface area contributed by atoms with Gasteiger partial charge in [-0.15, -0.1) is 0 Å². The van der Waals surface area contributed by atoms with Crippen LogP contribution in [0.15, 0.2) is 12.7 Å². The Hall–Kier alpha value is -0.450. The molecule has 0 atom stereocenters. The van der Waals surface area contributed by atoms with Crippen LogP contribution in [0.2, 0.25) is 0 Å². The van der Waals surface area contributed by atoms with Crippen molar-refractivity contribution in [3.8, 4) is 0 Å². The van der Waals surface area contributed by atoms with Crippen molar-refractivity contribution in [1.82, 2.24) is 0 Å². The molecule has 0 rings (SSSR count). The minimum atomic E-state index is -0.989. The van der Waals surface area contributed by atoms with Gasteiger partial charge < -0.3 is 9.84 Å². The van der Waals surface area contributed by atoms with Gasteiger partial charge in [0.2, 0.25) is 0 Å². The maximum Gasteiger partial charge on any atom is 4.00 e. The van der Waals surface area contributed by atoms with Gasteiger partial charge in [0, 0.05) is 6.08 Å². The van der Waals surface area contributed by atoms with Gasteiger partial charge >= 0.3 is 37.8 Å². The van der Waals surface area contributed by atoms with Crippen molar-refractivity contribution in [3.63, 3.8) is 0 Å². The van der Waals surface area contributed by atoms with Crippen molar-refractivity contribution in [2.45, 2.75) is 6.42 Å². The van der Waals surface area contributed by atoms with E-state index in [0.717, 1.165) is 6.08 Å². The number of rotatable bonds is 4. The first-order chi connectivity index (χ1) is 4.66. The Labute approximate surface area is 83.0 Å². The molecule has 0 radical (unpaired) electrons. The third-order valence-corrected chi connectivity index (χ3v) is 0.727. The van der Waals surface area contributed by atoms with Crippen molar-refractivity contribution in [3.05, 3.63) is 12.7 Å². The fourth-order valence-corrected chi connectivity index (χ4v) is 0.298. The Morgan fingerprint density at radius 2 is 2.09 bits per heavy atom. The van der Waals surface area contributed by atoms with E-state index in [1.807, 2.05) is 0 Å². The van der Waals surface area contributed by atoms with E-state index in [1.54, 1.807) is 0 Å². The number of ether oxygens (including phenoxy) is 1. The maximum atomic E-state index is 10.3. The number of carbonyl (C=O) groups excluding carboxylic acids is 1. The molecule has 4 nitrogen and oxygen atoms in total. The Balaban J connectivity index is 0. The molecule has 1 N–H and O–H groups in total. The molecule has 0 unspecified atom stereocenters. The first-order valence-electron chi connectivity index (χ1n) is 2.68. The van der Waals surface area contributed by atoms with Crippen LogP contribution in [0, 0.1) is 0 Å². The molecule has 0 aromatic carbocycles. The monoisotopic (exact) mass is 324 g/mol. The first kappa shape index (κ1) is 13.2. The van der Waals surface area contributed by atoms with Gasteiger partial charge in [-0.3, -0.25) is 4.79 Å². The van der Waals surface area contributed by atoms with Crippen LogP contribution in [0.1, 0.15) is 6.42 Å². The Kier molecular flexibility index (Phi) is 9.16. The van der Waals surface area contributed by atoms with Crippen molar-refractivity contribution in [2.75, 3.05) is 6.61 Å². The third-order valence-electron chi connectivity index (χ3n) is 0.727. The van der Waals surface area contributed by atoms with Gasteiger partial charge in [-0.05, 0) is 0 Å². The predicted molar refractivity (Wildman–Crippen MR) is 33.4 cm³/mol. The molecule has 0 aliphatic heterocycles. The van der Waals surface area contributed by atoms with E-state index in [4.69, 9.17) is 5.11 Å². The van der Waals surface area contributed by atoms with E-state index < -0.39 is 11.9 Å². The number of carboxylic acid groups (broad SMARTS) is 1. The molecule has 0 heterocycles. The standard InChI is InChI=1S/C6H8O4.Hf/c1-2-6(9)10-4-3-5(7)8;/h2H,1,3-4H2,(H,7,8);/q;+4. The van der Waals surface area contributed by atoms with E-state index in [-0.39, 0.29) is 38.9 Å². The Morgan fingerprint density at radius 3 is 2.45 bits per heavy atom. The quantitative estimate of drug-likeness (QED) is 0.456. The van der Waals surface area contributed by atoms with E-state index in [2.05, 4.69) is 11.3 Å². The third kappa shape index (κ3) is 9.55. The van der Waals surface area contributed by atoms with Crippen LogP contribution in [0.4, 0.5) is 0 Å². The summed E-state index contributed by atoms with van der Waals surface area (Å²) >= 11 is 0. The van der Waals surface area contributed by atoms with Crippen LogP contribution >= 0.6 is 0 Å². The van der Waals surface area contributed by atoms with Gasteiger partial charge in [0.1, 0.15) is 6.61 Å². The van der Waals surface area contributed by atoms with Crippen LogP contribution in [-0.4, -0.2) is 23.7 Å². The van der Waals surface area contributed by atoms with Crippen LogP contribution in [0.3, 0.4) is 0 Å². The molecule has 56 valence electrons. The Morgan fingerprint density at radius 1 is 1.55 bits per heavy atom. The number of esters is 1. The zero-order valence-electron chi connectivity index (χ0n) is 5.87. The zero-order valence-corrected chi connectivity index (χ0v) is 9.46. The number of carboxylic acids is 1. The van der Waals surface area contributed by atoms with Gasteiger partial charge in [-0.25, -0.2) is 4.79 Å². The molecular formula is C6H8HfO4+4. The molecule has 0 aromatic rings. The van der Waals surface area contributed by atoms with Crippen LogP contribution in [-0.2, 0) is 40.2 Å². The molecule has 0 amide bonds. The Bertz CT molecular complexity index is 155. The molecule has 0 fully saturated rings. The summed E-state index contributed by atoms with van der Waals surface area (Å²) < 4.78 is 4.36. The van der Waals surface area contributed by atoms with Crippen molar-refractivity contribution in [1.29, 1.82) is 0 Å². The van der Waals surface area contributed by atoms with Gasteiger partial charge in [-0.2, -0.15) is 0 Å². The van der Waals surface area contributed by atoms with Gasteiger partial charge in [0.15, 0.2) is 0 Å². The second-order valence-corrected chi connectivity index (χ2v) is 1.52. The van der Waals surface area contributed by atoms with Crippen LogP contribution in [0.5, 0.6) is 0 Å². The summed E-state index contributed by atoms with van der Waals surface area (Å²) in [6.45, 7) is 3.04. The van der Waals surface area contributed by atoms with Crippen LogP contribution < -0.4 is 0 Å². The molecule has 0 spiro atoms. The van der Waals surface area contributed by atoms with Crippen LogP contribution in [0.25, 0.3) is 0 Å². The molecule has 0 aliphatic carbocycles. The molecule has 5 heteroatoms. The summed E-state index contributed by atoms with van der Waals surface area (Å²) in [5, 5.41) is 8.08. The molecule has 0 aromatic heterocycles. The topological polar surface area (TPSA) is 63.6 Å². The fourth-order valence-electron chi connectivity index (χ4n) is 0.298. The molecule has 0 saturated heterocycles. The summed E-state index contributed by atoms with van der Waals surface area (Å²) in [6, 6.07) is 0. The van der Waals surface area contributed by atoms with Gasteiger partial charge in [0.25, 0.3) is 0 Å². The number of aliphatic carboxylic acids is 1. The van der Waals surface area contributed by atoms with E-state index in [9.17, 15) is 9.59 Å². The predicted octanol–water partition coefficient (Wildman–Crippen LogP) is 0.188. The minimum Gasteiger partial charge on any atom is -0.481 e. The summed E-state index contributed by atoms with van der Waals surface area (Å²) in [6.07, 6.45) is 0.821. The largest absolute Gasteiger partial charge is 4.00 e. The summed E-state index contributed by atoms with van der Waals surface area (Å²) in [4.78, 5) is 20.1. The molecule has 0 bridgehead atoms. The number of hydrogen-bond donors (Lipinski definition) is 1. The molecule has 0 saturated carbocycles. The SMILES string of the molecule is C=CC(=O)OCCC(=O)O.[Hf+4]. The zero-order chi connectivity index (χ0) is 7.98. The van der Waals surface area contributed by atoms with Crippen molar-refractivity contribution in [2.24, 2.45) is 0 Å². The average Bonchev–Trinajstić information content (AvgIpc) is 1.87. The van der Waals surface area contributed by atoms with E-state index >= 15 is 0 Å². The second-order valence-electron chi connectivity index (χ2n) is 1.52. The average molecular weight is 323 g/mol. The molecule has 11 heavy (non-hydrogen) atoms. The molecule has 0 aliphatic rings. The smallest absolute Gasteiger partial charge is 0.481 e. The number of hydrogen-bond acceptors (Lipinski definition) is 3. The van der Waals surface area contributed by atoms with E-state index in [1.165, 1.54) is 0 Å². The van der Waals surface area contributed by atoms with Gasteiger partial charge in [-0.1, -0.05) is 6.58 Å². The maximum absolute atomic E-state index is 10.3.